The second-order valence-corrected chi connectivity index (χ2v) is 4.96. The van der Waals surface area contributed by atoms with Gasteiger partial charge in [-0.05, 0) is 12.1 Å². The fraction of sp³-hybridized carbons (Fsp3) is 0.167. The smallest absolute Gasteiger partial charge is 0.180 e. The van der Waals surface area contributed by atoms with Crippen molar-refractivity contribution >= 4 is 27.5 Å². The third kappa shape index (κ3) is 1.84. The largest absolute Gasteiger partial charge is 0.375 e. The molecule has 3 rings (SSSR count). The number of thiazole rings is 1. The fourth-order valence-electron chi connectivity index (χ4n) is 1.95. The molecule has 0 aliphatic rings. The number of imidazole rings is 1. The highest BCUT2D eigenvalue weighted by atomic mass is 32.1. The number of aromatic nitrogens is 3. The van der Waals surface area contributed by atoms with Crippen molar-refractivity contribution in [1.29, 1.82) is 0 Å². The van der Waals surface area contributed by atoms with Crippen LogP contribution in [0.4, 0.5) is 9.52 Å². The van der Waals surface area contributed by atoms with Crippen LogP contribution in [0.25, 0.3) is 11.0 Å². The summed E-state index contributed by atoms with van der Waals surface area (Å²) < 4.78 is 15.1. The van der Waals surface area contributed by atoms with Gasteiger partial charge in [0, 0.05) is 24.9 Å². The highest BCUT2D eigenvalue weighted by Gasteiger charge is 2.10. The predicted molar refractivity (Wildman–Crippen MR) is 70.0 cm³/mol. The van der Waals surface area contributed by atoms with Gasteiger partial charge in [0.25, 0.3) is 0 Å². The SMILES string of the molecule is Cn1c(Cc2csc(N)n2)nc2cc(F)ccc21. The molecule has 0 aliphatic carbocycles. The van der Waals surface area contributed by atoms with Gasteiger partial charge in [-0.15, -0.1) is 11.3 Å². The van der Waals surface area contributed by atoms with E-state index in [2.05, 4.69) is 9.97 Å². The van der Waals surface area contributed by atoms with Crippen LogP contribution in [-0.2, 0) is 13.5 Å². The van der Waals surface area contributed by atoms with Gasteiger partial charge in [0.05, 0.1) is 16.7 Å². The monoisotopic (exact) mass is 262 g/mol. The molecule has 92 valence electrons. The third-order valence-electron chi connectivity index (χ3n) is 2.84. The van der Waals surface area contributed by atoms with Crippen LogP contribution in [0.3, 0.4) is 0 Å². The van der Waals surface area contributed by atoms with E-state index >= 15 is 0 Å². The lowest BCUT2D eigenvalue weighted by Crippen LogP contribution is -1.99. The lowest BCUT2D eigenvalue weighted by molar-refractivity contribution is 0.629. The van der Waals surface area contributed by atoms with Crippen LogP contribution < -0.4 is 5.73 Å². The van der Waals surface area contributed by atoms with E-state index in [4.69, 9.17) is 5.73 Å². The molecular weight excluding hydrogens is 251 g/mol. The first-order valence-electron chi connectivity index (χ1n) is 5.44. The number of fused-ring (bicyclic) bond motifs is 1. The molecule has 0 atom stereocenters. The Hall–Kier alpha value is -1.95. The van der Waals surface area contributed by atoms with Gasteiger partial charge in [-0.2, -0.15) is 0 Å². The second-order valence-electron chi connectivity index (χ2n) is 4.07. The number of nitrogens with zero attached hydrogens (tertiary/aromatic N) is 3. The summed E-state index contributed by atoms with van der Waals surface area (Å²) in [5.41, 5.74) is 8.06. The number of rotatable bonds is 2. The quantitative estimate of drug-likeness (QED) is 0.771. The van der Waals surface area contributed by atoms with Gasteiger partial charge < -0.3 is 10.3 Å². The van der Waals surface area contributed by atoms with Gasteiger partial charge in [0.2, 0.25) is 0 Å². The van der Waals surface area contributed by atoms with Gasteiger partial charge in [-0.1, -0.05) is 0 Å². The minimum atomic E-state index is -0.273. The van der Waals surface area contributed by atoms with Crippen molar-refractivity contribution in [1.82, 2.24) is 14.5 Å². The molecule has 2 aromatic heterocycles. The van der Waals surface area contributed by atoms with E-state index in [1.165, 1.54) is 23.5 Å². The lowest BCUT2D eigenvalue weighted by Gasteiger charge is -1.99. The molecule has 4 nitrogen and oxygen atoms in total. The normalized spacial score (nSPS) is 11.2. The topological polar surface area (TPSA) is 56.7 Å². The zero-order valence-corrected chi connectivity index (χ0v) is 10.5. The molecule has 0 fully saturated rings. The number of nitrogens with two attached hydrogens (primary N) is 1. The molecule has 0 aliphatic heterocycles. The van der Waals surface area contributed by atoms with Gasteiger partial charge in [0.15, 0.2) is 5.13 Å². The number of aryl methyl sites for hydroxylation is 1. The van der Waals surface area contributed by atoms with E-state index in [0.717, 1.165) is 17.0 Å². The van der Waals surface area contributed by atoms with Crippen LogP contribution in [0.15, 0.2) is 23.6 Å². The molecule has 0 saturated heterocycles. The summed E-state index contributed by atoms with van der Waals surface area (Å²) in [6, 6.07) is 4.61. The van der Waals surface area contributed by atoms with E-state index in [-0.39, 0.29) is 5.82 Å². The van der Waals surface area contributed by atoms with E-state index in [1.807, 2.05) is 17.0 Å². The summed E-state index contributed by atoms with van der Waals surface area (Å²) in [5, 5.41) is 2.46. The molecule has 2 N–H and O–H groups in total. The Kier molecular flexibility index (Phi) is 2.52. The van der Waals surface area contributed by atoms with E-state index in [1.54, 1.807) is 6.07 Å². The summed E-state index contributed by atoms with van der Waals surface area (Å²) >= 11 is 1.41. The highest BCUT2D eigenvalue weighted by Crippen LogP contribution is 2.19. The van der Waals surface area contributed by atoms with Crippen molar-refractivity contribution in [3.05, 3.63) is 40.9 Å². The number of benzene rings is 1. The maximum atomic E-state index is 13.1. The van der Waals surface area contributed by atoms with Crippen LogP contribution in [0.1, 0.15) is 11.5 Å². The minimum absolute atomic E-state index is 0.273. The van der Waals surface area contributed by atoms with Gasteiger partial charge in [-0.25, -0.2) is 14.4 Å². The Morgan fingerprint density at radius 3 is 2.94 bits per heavy atom. The average molecular weight is 262 g/mol. The van der Waals surface area contributed by atoms with Crippen LogP contribution in [0.2, 0.25) is 0 Å². The highest BCUT2D eigenvalue weighted by molar-refractivity contribution is 7.13. The summed E-state index contributed by atoms with van der Waals surface area (Å²) in [6.45, 7) is 0. The van der Waals surface area contributed by atoms with Crippen molar-refractivity contribution in [3.63, 3.8) is 0 Å². The Balaban J connectivity index is 2.04. The van der Waals surface area contributed by atoms with Gasteiger partial charge in [0.1, 0.15) is 11.6 Å². The maximum absolute atomic E-state index is 13.1. The molecule has 1 aromatic carbocycles. The fourth-order valence-corrected chi connectivity index (χ4v) is 2.51. The number of nitrogen functional groups attached to an aromatic ring is 1. The maximum Gasteiger partial charge on any atom is 0.180 e. The summed E-state index contributed by atoms with van der Waals surface area (Å²) in [6.07, 6.45) is 0.598. The van der Waals surface area contributed by atoms with Crippen molar-refractivity contribution in [3.8, 4) is 0 Å². The Morgan fingerprint density at radius 2 is 2.22 bits per heavy atom. The molecule has 2 heterocycles. The Morgan fingerprint density at radius 1 is 1.39 bits per heavy atom. The Labute approximate surface area is 107 Å². The predicted octanol–water partition coefficient (Wildman–Crippen LogP) is 2.34. The van der Waals surface area contributed by atoms with E-state index in [0.29, 0.717) is 17.1 Å². The summed E-state index contributed by atoms with van der Waals surface area (Å²) in [7, 11) is 1.91. The second kappa shape index (κ2) is 4.06. The molecular formula is C12H11FN4S. The number of anilines is 1. The van der Waals surface area contributed by atoms with Crippen molar-refractivity contribution in [2.75, 3.05) is 5.73 Å². The van der Waals surface area contributed by atoms with Crippen molar-refractivity contribution in [2.45, 2.75) is 6.42 Å². The average Bonchev–Trinajstić information content (AvgIpc) is 2.85. The van der Waals surface area contributed by atoms with E-state index < -0.39 is 0 Å². The number of hydrogen-bond acceptors (Lipinski definition) is 4. The zero-order valence-electron chi connectivity index (χ0n) is 9.72. The molecule has 0 unspecified atom stereocenters. The Bertz CT molecular complexity index is 716. The number of halogens is 1. The third-order valence-corrected chi connectivity index (χ3v) is 3.57. The minimum Gasteiger partial charge on any atom is -0.375 e. The lowest BCUT2D eigenvalue weighted by atomic mass is 10.3. The first-order valence-corrected chi connectivity index (χ1v) is 6.32. The van der Waals surface area contributed by atoms with Crippen molar-refractivity contribution < 1.29 is 4.39 Å². The molecule has 0 bridgehead atoms. The summed E-state index contributed by atoms with van der Waals surface area (Å²) in [4.78, 5) is 8.63. The molecule has 3 aromatic rings. The molecule has 18 heavy (non-hydrogen) atoms. The van der Waals surface area contributed by atoms with Crippen molar-refractivity contribution in [2.24, 2.45) is 7.05 Å². The molecule has 0 radical (unpaired) electrons. The van der Waals surface area contributed by atoms with Gasteiger partial charge >= 0.3 is 0 Å². The van der Waals surface area contributed by atoms with Crippen LogP contribution in [0, 0.1) is 5.82 Å². The molecule has 6 heteroatoms. The molecule has 0 spiro atoms. The zero-order chi connectivity index (χ0) is 12.7. The molecule has 0 amide bonds. The van der Waals surface area contributed by atoms with E-state index in [9.17, 15) is 4.39 Å². The van der Waals surface area contributed by atoms with Crippen LogP contribution in [-0.4, -0.2) is 14.5 Å². The standard InChI is InChI=1S/C12H11FN4S/c1-17-10-3-2-7(13)4-9(10)16-11(17)5-8-6-18-12(14)15-8/h2-4,6H,5H2,1H3,(H2,14,15). The van der Waals surface area contributed by atoms with Gasteiger partial charge in [-0.3, -0.25) is 0 Å². The van der Waals surface area contributed by atoms with Crippen LogP contribution >= 0.6 is 11.3 Å². The number of hydrogen-bond donors (Lipinski definition) is 1. The first-order chi connectivity index (χ1) is 8.63. The molecule has 0 saturated carbocycles. The van der Waals surface area contributed by atoms with Crippen LogP contribution in [0.5, 0.6) is 0 Å². The first kappa shape index (κ1) is 11.2. The summed E-state index contributed by atoms with van der Waals surface area (Å²) in [5.74, 6) is 0.575.